The second-order valence-corrected chi connectivity index (χ2v) is 2.92. The normalized spacial score (nSPS) is 32.5. The van der Waals surface area contributed by atoms with Gasteiger partial charge < -0.3 is 0 Å². The Hall–Kier alpha value is -0.600. The molecule has 0 aromatic carbocycles. The van der Waals surface area contributed by atoms with Crippen LogP contribution in [0.25, 0.3) is 0 Å². The highest BCUT2D eigenvalue weighted by Gasteiger charge is 2.21. The molecule has 1 aliphatic rings. The molecule has 1 fully saturated rings. The van der Waals surface area contributed by atoms with E-state index in [-0.39, 0.29) is 0 Å². The van der Waals surface area contributed by atoms with Crippen LogP contribution in [0.5, 0.6) is 0 Å². The van der Waals surface area contributed by atoms with Gasteiger partial charge in [0.15, 0.2) is 0 Å². The highest BCUT2D eigenvalue weighted by atomic mass is 15.5. The smallest absolute Gasteiger partial charge is 0.125 e. The van der Waals surface area contributed by atoms with Gasteiger partial charge in [0.2, 0.25) is 0 Å². The first kappa shape index (κ1) is 8.50. The van der Waals surface area contributed by atoms with E-state index in [9.17, 15) is 0 Å². The van der Waals surface area contributed by atoms with Gasteiger partial charge in [0, 0.05) is 6.42 Å². The molecule has 0 radical (unpaired) electrons. The average Bonchev–Trinajstić information content (AvgIpc) is 2.37. The summed E-state index contributed by atoms with van der Waals surface area (Å²) in [6.07, 6.45) is 9.76. The van der Waals surface area contributed by atoms with E-state index in [4.69, 9.17) is 0 Å². The van der Waals surface area contributed by atoms with Crippen molar-refractivity contribution in [2.24, 2.45) is 0 Å². The fraction of sp³-hybridized carbons (Fsp3) is 0.556. The second kappa shape index (κ2) is 4.31. The molecular formula is C9H17N2+. The fourth-order valence-corrected chi connectivity index (χ4v) is 1.32. The first-order valence-corrected chi connectivity index (χ1v) is 4.21. The van der Waals surface area contributed by atoms with Crippen molar-refractivity contribution >= 4 is 0 Å². The molecule has 62 valence electrons. The molecule has 2 N–H and O–H groups in total. The first-order valence-electron chi connectivity index (χ1n) is 4.21. The summed E-state index contributed by atoms with van der Waals surface area (Å²) in [6.45, 7) is 3.17. The molecule has 2 heteroatoms. The average molecular weight is 153 g/mol. The van der Waals surface area contributed by atoms with Gasteiger partial charge in [0.25, 0.3) is 0 Å². The Bertz CT molecular complexity index is 161. The van der Waals surface area contributed by atoms with E-state index in [0.29, 0.717) is 6.04 Å². The van der Waals surface area contributed by atoms with Crippen molar-refractivity contribution in [1.82, 2.24) is 5.43 Å². The van der Waals surface area contributed by atoms with Crippen LogP contribution in [0.2, 0.25) is 0 Å². The summed E-state index contributed by atoms with van der Waals surface area (Å²) in [5.74, 6) is 0. The van der Waals surface area contributed by atoms with Crippen molar-refractivity contribution in [2.45, 2.75) is 19.4 Å². The number of hydrogen-bond donors (Lipinski definition) is 2. The third-order valence-corrected chi connectivity index (χ3v) is 2.06. The molecule has 2 unspecified atom stereocenters. The van der Waals surface area contributed by atoms with Gasteiger partial charge in [0.05, 0.1) is 13.6 Å². The van der Waals surface area contributed by atoms with Crippen molar-refractivity contribution in [3.8, 4) is 0 Å². The van der Waals surface area contributed by atoms with Gasteiger partial charge in [-0.25, -0.2) is 0 Å². The number of allylic oxidation sites excluding steroid dienone is 3. The summed E-state index contributed by atoms with van der Waals surface area (Å²) < 4.78 is 0. The zero-order valence-electron chi connectivity index (χ0n) is 7.30. The number of nitrogens with one attached hydrogen (secondary N) is 2. The summed E-state index contributed by atoms with van der Waals surface area (Å²) in [6, 6.07) is 0.659. The lowest BCUT2D eigenvalue weighted by Gasteiger charge is -2.10. The van der Waals surface area contributed by atoms with Gasteiger partial charge in [-0.05, 0) is 13.0 Å². The van der Waals surface area contributed by atoms with Gasteiger partial charge in [-0.2, -0.15) is 5.43 Å². The maximum atomic E-state index is 3.34. The van der Waals surface area contributed by atoms with Gasteiger partial charge in [-0.1, -0.05) is 18.2 Å². The minimum absolute atomic E-state index is 0.659. The van der Waals surface area contributed by atoms with E-state index in [1.807, 2.05) is 13.0 Å². The topological polar surface area (TPSA) is 16.5 Å². The Balaban J connectivity index is 2.35. The predicted molar refractivity (Wildman–Crippen MR) is 47.2 cm³/mol. The number of likely N-dealkylation sites (N-methyl/N-ethyl adjacent to an activating group) is 1. The molecule has 1 aliphatic heterocycles. The maximum Gasteiger partial charge on any atom is 0.125 e. The van der Waals surface area contributed by atoms with E-state index >= 15 is 0 Å². The van der Waals surface area contributed by atoms with Crippen LogP contribution < -0.4 is 10.4 Å². The standard InChI is InChI=1S/C9H16N2/c1-3-4-5-6-9-7-8-10-11(9)2/h3-6,9-10H,7-8H2,1-2H3/p+1/b4-3+,6-5-. The van der Waals surface area contributed by atoms with Crippen LogP contribution in [-0.4, -0.2) is 19.6 Å². The summed E-state index contributed by atoms with van der Waals surface area (Å²) >= 11 is 0. The number of hydrogen-bond acceptors (Lipinski definition) is 1. The molecule has 0 spiro atoms. The second-order valence-electron chi connectivity index (χ2n) is 2.92. The molecule has 0 bridgehead atoms. The lowest BCUT2D eigenvalue weighted by molar-refractivity contribution is -0.929. The summed E-state index contributed by atoms with van der Waals surface area (Å²) in [5, 5.41) is 1.41. The van der Waals surface area contributed by atoms with Gasteiger partial charge >= 0.3 is 0 Å². The van der Waals surface area contributed by atoms with Crippen LogP contribution >= 0.6 is 0 Å². The molecule has 0 amide bonds. The van der Waals surface area contributed by atoms with Crippen molar-refractivity contribution < 1.29 is 5.01 Å². The van der Waals surface area contributed by atoms with Crippen LogP contribution in [0.3, 0.4) is 0 Å². The Morgan fingerprint density at radius 3 is 2.82 bits per heavy atom. The van der Waals surface area contributed by atoms with Crippen molar-refractivity contribution in [2.75, 3.05) is 13.6 Å². The monoisotopic (exact) mass is 153 g/mol. The minimum Gasteiger partial charge on any atom is -0.254 e. The lowest BCUT2D eigenvalue weighted by Crippen LogP contribution is -3.16. The molecule has 0 aliphatic carbocycles. The highest BCUT2D eigenvalue weighted by molar-refractivity contribution is 5.03. The van der Waals surface area contributed by atoms with Crippen LogP contribution in [0.15, 0.2) is 24.3 Å². The fourth-order valence-electron chi connectivity index (χ4n) is 1.32. The highest BCUT2D eigenvalue weighted by Crippen LogP contribution is 1.92. The van der Waals surface area contributed by atoms with Gasteiger partial charge in [0.1, 0.15) is 6.04 Å². The van der Waals surface area contributed by atoms with E-state index in [1.165, 1.54) is 11.4 Å². The van der Waals surface area contributed by atoms with Crippen molar-refractivity contribution in [3.63, 3.8) is 0 Å². The molecule has 2 atom stereocenters. The van der Waals surface area contributed by atoms with Crippen molar-refractivity contribution in [3.05, 3.63) is 24.3 Å². The molecule has 1 heterocycles. The molecule has 0 aromatic heterocycles. The molecule has 1 saturated heterocycles. The van der Waals surface area contributed by atoms with E-state index < -0.39 is 0 Å². The SMILES string of the molecule is C/C=C/C=C\C1CCN[NH+]1C. The molecule has 0 saturated carbocycles. The van der Waals surface area contributed by atoms with Gasteiger partial charge in [-0.3, -0.25) is 5.01 Å². The lowest BCUT2D eigenvalue weighted by atomic mass is 10.2. The van der Waals surface area contributed by atoms with Crippen LogP contribution in [0.4, 0.5) is 0 Å². The zero-order valence-corrected chi connectivity index (χ0v) is 7.30. The summed E-state index contributed by atoms with van der Waals surface area (Å²) in [7, 11) is 2.16. The van der Waals surface area contributed by atoms with Crippen LogP contribution in [0.1, 0.15) is 13.3 Å². The molecule has 0 aromatic rings. The van der Waals surface area contributed by atoms with Crippen LogP contribution in [-0.2, 0) is 0 Å². The minimum atomic E-state index is 0.659. The zero-order chi connectivity index (χ0) is 8.10. The third-order valence-electron chi connectivity index (χ3n) is 2.06. The van der Waals surface area contributed by atoms with E-state index in [0.717, 1.165) is 6.54 Å². The molecule has 1 rings (SSSR count). The molecule has 11 heavy (non-hydrogen) atoms. The number of quaternary nitrogens is 1. The first-order chi connectivity index (χ1) is 5.34. The van der Waals surface area contributed by atoms with E-state index in [1.54, 1.807) is 0 Å². The Morgan fingerprint density at radius 2 is 2.27 bits per heavy atom. The maximum absolute atomic E-state index is 3.34. The largest absolute Gasteiger partial charge is 0.254 e. The summed E-state index contributed by atoms with van der Waals surface area (Å²) in [5.41, 5.74) is 3.34. The Morgan fingerprint density at radius 1 is 1.45 bits per heavy atom. The molecular weight excluding hydrogens is 136 g/mol. The van der Waals surface area contributed by atoms with E-state index in [2.05, 4.69) is 30.7 Å². The van der Waals surface area contributed by atoms with Crippen LogP contribution in [0, 0.1) is 0 Å². The third kappa shape index (κ3) is 2.48. The Labute approximate surface area is 68.6 Å². The van der Waals surface area contributed by atoms with Gasteiger partial charge in [-0.15, -0.1) is 0 Å². The van der Waals surface area contributed by atoms with Crippen molar-refractivity contribution in [1.29, 1.82) is 0 Å². The molecule has 2 nitrogen and oxygen atoms in total. The Kier molecular flexibility index (Phi) is 3.33. The predicted octanol–water partition coefficient (Wildman–Crippen LogP) is -0.0897. The summed E-state index contributed by atoms with van der Waals surface area (Å²) in [4.78, 5) is 0. The number of rotatable bonds is 2. The quantitative estimate of drug-likeness (QED) is 0.530.